The maximum atomic E-state index is 12.9. The van der Waals surface area contributed by atoms with Crippen LogP contribution in [0.3, 0.4) is 0 Å². The molecule has 0 aromatic heterocycles. The minimum Gasteiger partial charge on any atom is -0.459 e. The molecule has 258 valence electrons. The number of carbonyl (C=O) groups excluding carboxylic acids is 3. The zero-order valence-corrected chi connectivity index (χ0v) is 29.4. The van der Waals surface area contributed by atoms with Gasteiger partial charge in [0.2, 0.25) is 0 Å². The summed E-state index contributed by atoms with van der Waals surface area (Å²) in [4.78, 5) is 38.0. The van der Waals surface area contributed by atoms with Crippen molar-refractivity contribution in [1.82, 2.24) is 0 Å². The maximum Gasteiger partial charge on any atom is 0.343 e. The molecule has 0 heterocycles. The van der Waals surface area contributed by atoms with E-state index in [1.807, 2.05) is 62.4 Å². The summed E-state index contributed by atoms with van der Waals surface area (Å²) < 4.78 is 16.9. The summed E-state index contributed by atoms with van der Waals surface area (Å²) in [5, 5.41) is 0. The molecule has 0 saturated carbocycles. The van der Waals surface area contributed by atoms with Gasteiger partial charge in [-0.05, 0) is 110 Å². The first-order valence-corrected chi connectivity index (χ1v) is 17.8. The first-order chi connectivity index (χ1) is 23.8. The summed E-state index contributed by atoms with van der Waals surface area (Å²) in [6.07, 6.45) is 10.8. The highest BCUT2D eigenvalue weighted by atomic mass is 16.5. The predicted molar refractivity (Wildman–Crippen MR) is 196 cm³/mol. The second-order valence-electron chi connectivity index (χ2n) is 12.8. The Bertz CT molecular complexity index is 1610. The Morgan fingerprint density at radius 1 is 0.449 bits per heavy atom. The Kier molecular flexibility index (Phi) is 14.6. The minimum absolute atomic E-state index is 0.105. The lowest BCUT2D eigenvalue weighted by molar-refractivity contribution is 0.0309. The van der Waals surface area contributed by atoms with Gasteiger partial charge in [-0.3, -0.25) is 0 Å². The molecule has 4 aromatic carbocycles. The van der Waals surface area contributed by atoms with E-state index in [4.69, 9.17) is 14.2 Å². The fourth-order valence-electron chi connectivity index (χ4n) is 5.61. The quantitative estimate of drug-likeness (QED) is 0.0599. The van der Waals surface area contributed by atoms with Crippen LogP contribution in [-0.4, -0.2) is 30.1 Å². The second kappa shape index (κ2) is 19.3. The van der Waals surface area contributed by atoms with Gasteiger partial charge in [0.15, 0.2) is 0 Å². The van der Waals surface area contributed by atoms with Crippen LogP contribution in [0.1, 0.15) is 123 Å². The largest absolute Gasteiger partial charge is 0.459 e. The topological polar surface area (TPSA) is 78.9 Å². The van der Waals surface area contributed by atoms with Gasteiger partial charge in [-0.1, -0.05) is 101 Å². The fraction of sp³-hybridized carbons (Fsp3) is 0.372. The van der Waals surface area contributed by atoms with Gasteiger partial charge in [0.05, 0.1) is 28.9 Å². The van der Waals surface area contributed by atoms with E-state index in [2.05, 4.69) is 13.8 Å². The fourth-order valence-corrected chi connectivity index (χ4v) is 5.61. The molecule has 4 rings (SSSR count). The van der Waals surface area contributed by atoms with E-state index >= 15 is 0 Å². The number of unbranched alkanes of at least 4 members (excludes halogenated alkanes) is 6. The second-order valence-corrected chi connectivity index (χ2v) is 12.8. The molecule has 0 bridgehead atoms. The Labute approximate surface area is 291 Å². The Morgan fingerprint density at radius 3 is 1.12 bits per heavy atom. The van der Waals surface area contributed by atoms with E-state index in [1.165, 1.54) is 25.7 Å². The third-order valence-electron chi connectivity index (χ3n) is 8.64. The predicted octanol–water partition coefficient (Wildman–Crippen LogP) is 11.3. The number of carbonyl (C=O) groups is 3. The molecule has 0 spiro atoms. The zero-order valence-electron chi connectivity index (χ0n) is 29.4. The van der Waals surface area contributed by atoms with E-state index in [0.29, 0.717) is 22.4 Å². The van der Waals surface area contributed by atoms with Crippen LogP contribution in [0, 0.1) is 0 Å². The molecule has 0 fully saturated rings. The van der Waals surface area contributed by atoms with Gasteiger partial charge in [0.1, 0.15) is 5.75 Å². The van der Waals surface area contributed by atoms with Crippen molar-refractivity contribution in [2.45, 2.75) is 104 Å². The number of esters is 3. The zero-order chi connectivity index (χ0) is 35.0. The molecule has 0 aliphatic carbocycles. The summed E-state index contributed by atoms with van der Waals surface area (Å²) in [6, 6.07) is 29.1. The van der Waals surface area contributed by atoms with Crippen LogP contribution >= 0.6 is 0 Å². The molecular weight excluding hydrogens is 612 g/mol. The van der Waals surface area contributed by atoms with Gasteiger partial charge in [0.25, 0.3) is 0 Å². The SMILES string of the molecule is CCCCCC[C@@H](C)OC(=O)c1ccc(-c2ccc(OC(=O)c3ccc(-c4ccc(C(=O)O[C@H](C)CCCCCC)cc4)cc3)cc2)cc1. The average Bonchev–Trinajstić information content (AvgIpc) is 3.12. The van der Waals surface area contributed by atoms with Gasteiger partial charge >= 0.3 is 17.9 Å². The van der Waals surface area contributed by atoms with Gasteiger partial charge in [-0.2, -0.15) is 0 Å². The van der Waals surface area contributed by atoms with Crippen molar-refractivity contribution in [3.63, 3.8) is 0 Å². The molecule has 0 aliphatic rings. The van der Waals surface area contributed by atoms with Crippen LogP contribution in [0.15, 0.2) is 97.1 Å². The van der Waals surface area contributed by atoms with Gasteiger partial charge in [-0.15, -0.1) is 0 Å². The highest BCUT2D eigenvalue weighted by molar-refractivity contribution is 5.92. The number of benzene rings is 4. The summed E-state index contributed by atoms with van der Waals surface area (Å²) >= 11 is 0. The number of ether oxygens (including phenoxy) is 3. The lowest BCUT2D eigenvalue weighted by Crippen LogP contribution is -2.15. The van der Waals surface area contributed by atoms with Crippen molar-refractivity contribution < 1.29 is 28.6 Å². The van der Waals surface area contributed by atoms with Crippen molar-refractivity contribution in [2.24, 2.45) is 0 Å². The Morgan fingerprint density at radius 2 is 0.776 bits per heavy atom. The van der Waals surface area contributed by atoms with E-state index in [0.717, 1.165) is 60.8 Å². The van der Waals surface area contributed by atoms with Crippen molar-refractivity contribution in [3.8, 4) is 28.0 Å². The summed E-state index contributed by atoms with van der Waals surface area (Å²) in [7, 11) is 0. The van der Waals surface area contributed by atoms with Gasteiger partial charge in [0, 0.05) is 0 Å². The van der Waals surface area contributed by atoms with Crippen LogP contribution in [-0.2, 0) is 9.47 Å². The first kappa shape index (κ1) is 37.1. The molecule has 2 atom stereocenters. The van der Waals surface area contributed by atoms with Crippen LogP contribution in [0.5, 0.6) is 5.75 Å². The van der Waals surface area contributed by atoms with Crippen molar-refractivity contribution in [1.29, 1.82) is 0 Å². The molecule has 6 heteroatoms. The van der Waals surface area contributed by atoms with Gasteiger partial charge < -0.3 is 14.2 Å². The summed E-state index contributed by atoms with van der Waals surface area (Å²) in [5.41, 5.74) is 5.19. The molecule has 49 heavy (non-hydrogen) atoms. The normalized spacial score (nSPS) is 12.2. The van der Waals surface area contributed by atoms with Gasteiger partial charge in [-0.25, -0.2) is 14.4 Å². The molecule has 0 aliphatic heterocycles. The number of hydrogen-bond donors (Lipinski definition) is 0. The molecule has 0 amide bonds. The van der Waals surface area contributed by atoms with Crippen molar-refractivity contribution in [2.75, 3.05) is 0 Å². The lowest BCUT2D eigenvalue weighted by atomic mass is 10.0. The van der Waals surface area contributed by atoms with Crippen LogP contribution in [0.2, 0.25) is 0 Å². The van der Waals surface area contributed by atoms with Crippen molar-refractivity contribution in [3.05, 3.63) is 114 Å². The minimum atomic E-state index is -0.455. The monoisotopic (exact) mass is 662 g/mol. The molecule has 6 nitrogen and oxygen atoms in total. The standard InChI is InChI=1S/C43H50O6/c1-5-7-9-11-13-31(3)47-41(44)37-21-15-33(16-22-37)34-19-25-39(26-20-34)43(46)49-40-29-27-36(28-30-40)35-17-23-38(24-18-35)42(45)48-32(4)14-12-10-8-6-2/h15-32H,5-14H2,1-4H3/t31-,32-/m1/s1. The molecule has 0 saturated heterocycles. The van der Waals surface area contributed by atoms with E-state index in [1.54, 1.807) is 48.5 Å². The Hall–Kier alpha value is -4.71. The third-order valence-corrected chi connectivity index (χ3v) is 8.64. The molecule has 0 radical (unpaired) electrons. The molecule has 0 N–H and O–H groups in total. The summed E-state index contributed by atoms with van der Waals surface area (Å²) in [6.45, 7) is 8.25. The van der Waals surface area contributed by atoms with Crippen LogP contribution in [0.25, 0.3) is 22.3 Å². The molecular formula is C43H50O6. The van der Waals surface area contributed by atoms with E-state index in [-0.39, 0.29) is 24.1 Å². The van der Waals surface area contributed by atoms with Crippen molar-refractivity contribution >= 4 is 17.9 Å². The molecule has 4 aromatic rings. The maximum absolute atomic E-state index is 12.9. The third kappa shape index (κ3) is 11.7. The Balaban J connectivity index is 1.26. The van der Waals surface area contributed by atoms with E-state index in [9.17, 15) is 14.4 Å². The highest BCUT2D eigenvalue weighted by Crippen LogP contribution is 2.25. The summed E-state index contributed by atoms with van der Waals surface area (Å²) in [5.74, 6) is -0.639. The van der Waals surface area contributed by atoms with E-state index < -0.39 is 5.97 Å². The average molecular weight is 663 g/mol. The number of rotatable bonds is 18. The first-order valence-electron chi connectivity index (χ1n) is 17.8. The lowest BCUT2D eigenvalue weighted by Gasteiger charge is -2.13. The smallest absolute Gasteiger partial charge is 0.343 e. The van der Waals surface area contributed by atoms with Crippen LogP contribution in [0.4, 0.5) is 0 Å². The molecule has 0 unspecified atom stereocenters. The van der Waals surface area contributed by atoms with Crippen LogP contribution < -0.4 is 4.74 Å². The highest BCUT2D eigenvalue weighted by Gasteiger charge is 2.15. The number of hydrogen-bond acceptors (Lipinski definition) is 6.